The number of halogens is 1. The van der Waals surface area contributed by atoms with Crippen molar-refractivity contribution in [2.45, 2.75) is 31.7 Å². The lowest BCUT2D eigenvalue weighted by molar-refractivity contribution is 0.394. The van der Waals surface area contributed by atoms with Crippen LogP contribution in [0.2, 0.25) is 0 Å². The molecule has 1 aromatic rings. The zero-order chi connectivity index (χ0) is 14.1. The van der Waals surface area contributed by atoms with Crippen LogP contribution >= 0.6 is 15.9 Å². The van der Waals surface area contributed by atoms with Crippen molar-refractivity contribution in [1.82, 2.24) is 4.31 Å². The first kappa shape index (κ1) is 15.6. The van der Waals surface area contributed by atoms with Gasteiger partial charge in [-0.15, -0.1) is 0 Å². The van der Waals surface area contributed by atoms with E-state index in [1.807, 2.05) is 13.0 Å². The van der Waals surface area contributed by atoms with Crippen LogP contribution in [0.25, 0.3) is 0 Å². The Bertz CT molecular complexity index is 543. The molecule has 0 saturated carbocycles. The molecule has 1 aromatic carbocycles. The second kappa shape index (κ2) is 5.69. The quantitative estimate of drug-likeness (QED) is 0.916. The minimum Gasteiger partial charge on any atom is -0.329 e. The fraction of sp³-hybridized carbons (Fsp3) is 0.500. The van der Waals surface area contributed by atoms with E-state index in [1.165, 1.54) is 4.31 Å². The molecule has 1 rings (SSSR count). The summed E-state index contributed by atoms with van der Waals surface area (Å²) in [6, 6.07) is 3.29. The second-order valence-corrected chi connectivity index (χ2v) is 7.29. The van der Waals surface area contributed by atoms with Crippen molar-refractivity contribution in [3.05, 3.63) is 27.7 Å². The molecule has 1 atom stereocenters. The Labute approximate surface area is 117 Å². The summed E-state index contributed by atoms with van der Waals surface area (Å²) in [6.07, 6.45) is 0. The van der Waals surface area contributed by atoms with Crippen LogP contribution in [0.15, 0.2) is 21.5 Å². The van der Waals surface area contributed by atoms with Gasteiger partial charge in [-0.05, 0) is 44.0 Å². The van der Waals surface area contributed by atoms with Crippen molar-refractivity contribution in [1.29, 1.82) is 0 Å². The summed E-state index contributed by atoms with van der Waals surface area (Å²) in [7, 11) is -1.93. The average molecular weight is 335 g/mol. The van der Waals surface area contributed by atoms with Crippen LogP contribution in [0.5, 0.6) is 0 Å². The molecule has 6 heteroatoms. The minimum atomic E-state index is -3.49. The van der Waals surface area contributed by atoms with Crippen molar-refractivity contribution < 1.29 is 8.42 Å². The zero-order valence-electron chi connectivity index (χ0n) is 11.1. The van der Waals surface area contributed by atoms with Gasteiger partial charge in [0.15, 0.2) is 0 Å². The molecule has 0 aromatic heterocycles. The molecule has 18 heavy (non-hydrogen) atoms. The molecule has 0 heterocycles. The van der Waals surface area contributed by atoms with E-state index in [9.17, 15) is 8.42 Å². The summed E-state index contributed by atoms with van der Waals surface area (Å²) in [5.74, 6) is 0. The third-order valence-electron chi connectivity index (χ3n) is 3.08. The number of hydrogen-bond acceptors (Lipinski definition) is 3. The van der Waals surface area contributed by atoms with E-state index in [0.717, 1.165) is 15.6 Å². The summed E-state index contributed by atoms with van der Waals surface area (Å²) >= 11 is 3.40. The first-order valence-corrected chi connectivity index (χ1v) is 7.90. The number of benzene rings is 1. The highest BCUT2D eigenvalue weighted by Crippen LogP contribution is 2.26. The summed E-state index contributed by atoms with van der Waals surface area (Å²) in [6.45, 7) is 5.75. The highest BCUT2D eigenvalue weighted by atomic mass is 79.9. The molecule has 0 amide bonds. The van der Waals surface area contributed by atoms with Crippen LogP contribution < -0.4 is 5.73 Å². The van der Waals surface area contributed by atoms with Crippen molar-refractivity contribution in [2.75, 3.05) is 13.6 Å². The number of hydrogen-bond donors (Lipinski definition) is 1. The number of rotatable bonds is 4. The van der Waals surface area contributed by atoms with Gasteiger partial charge in [0.05, 0.1) is 4.90 Å². The van der Waals surface area contributed by atoms with Crippen molar-refractivity contribution in [3.63, 3.8) is 0 Å². The average Bonchev–Trinajstić information content (AvgIpc) is 2.31. The first-order valence-electron chi connectivity index (χ1n) is 5.66. The van der Waals surface area contributed by atoms with Crippen molar-refractivity contribution in [3.8, 4) is 0 Å². The van der Waals surface area contributed by atoms with Crippen LogP contribution in [-0.4, -0.2) is 32.4 Å². The molecule has 0 aliphatic rings. The predicted molar refractivity (Wildman–Crippen MR) is 77.1 cm³/mol. The van der Waals surface area contributed by atoms with Gasteiger partial charge >= 0.3 is 0 Å². The normalized spacial score (nSPS) is 13.9. The highest BCUT2D eigenvalue weighted by molar-refractivity contribution is 9.10. The fourth-order valence-corrected chi connectivity index (χ4v) is 3.69. The Kier molecular flexibility index (Phi) is 4.94. The molecule has 0 bridgehead atoms. The largest absolute Gasteiger partial charge is 0.329 e. The molecule has 0 saturated heterocycles. The van der Waals surface area contributed by atoms with E-state index in [2.05, 4.69) is 15.9 Å². The Hall–Kier alpha value is -0.430. The summed E-state index contributed by atoms with van der Waals surface area (Å²) in [5.41, 5.74) is 7.15. The molecule has 2 N–H and O–H groups in total. The third-order valence-corrected chi connectivity index (χ3v) is 6.04. The third kappa shape index (κ3) is 2.93. The topological polar surface area (TPSA) is 63.4 Å². The van der Waals surface area contributed by atoms with Gasteiger partial charge in [0.2, 0.25) is 10.0 Å². The molecule has 0 fully saturated rings. The molecule has 0 radical (unpaired) electrons. The molecule has 0 aliphatic carbocycles. The van der Waals surface area contributed by atoms with Crippen LogP contribution in [-0.2, 0) is 10.0 Å². The lowest BCUT2D eigenvalue weighted by atomic mass is 10.2. The van der Waals surface area contributed by atoms with Crippen LogP contribution in [0.3, 0.4) is 0 Å². The van der Waals surface area contributed by atoms with Crippen molar-refractivity contribution >= 4 is 26.0 Å². The van der Waals surface area contributed by atoms with Gasteiger partial charge in [0.25, 0.3) is 0 Å². The van der Waals surface area contributed by atoms with Crippen molar-refractivity contribution in [2.24, 2.45) is 5.73 Å². The van der Waals surface area contributed by atoms with Gasteiger partial charge in [-0.25, -0.2) is 8.42 Å². The number of nitrogens with two attached hydrogens (primary N) is 1. The molecular formula is C12H19BrN2O2S. The number of aryl methyl sites for hydroxylation is 2. The van der Waals surface area contributed by atoms with Gasteiger partial charge in [0, 0.05) is 24.1 Å². The monoisotopic (exact) mass is 334 g/mol. The lowest BCUT2D eigenvalue weighted by Gasteiger charge is -2.24. The maximum Gasteiger partial charge on any atom is 0.243 e. The summed E-state index contributed by atoms with van der Waals surface area (Å²) < 4.78 is 27.2. The van der Waals surface area contributed by atoms with Gasteiger partial charge < -0.3 is 5.73 Å². The number of likely N-dealkylation sites (N-methyl/N-ethyl adjacent to an activating group) is 1. The van der Waals surface area contributed by atoms with E-state index in [-0.39, 0.29) is 6.04 Å². The highest BCUT2D eigenvalue weighted by Gasteiger charge is 2.26. The predicted octanol–water partition coefficient (Wildman–Crippen LogP) is 2.03. The van der Waals surface area contributed by atoms with Crippen LogP contribution in [0.1, 0.15) is 18.1 Å². The Balaban J connectivity index is 3.33. The SMILES string of the molecule is Cc1cc(S(=O)(=O)N(C)C(C)CN)c(C)cc1Br. The van der Waals surface area contributed by atoms with E-state index < -0.39 is 10.0 Å². The molecule has 102 valence electrons. The zero-order valence-corrected chi connectivity index (χ0v) is 13.5. The Morgan fingerprint density at radius 2 is 1.89 bits per heavy atom. The van der Waals surface area contributed by atoms with E-state index in [1.54, 1.807) is 27.0 Å². The maximum atomic E-state index is 12.5. The lowest BCUT2D eigenvalue weighted by Crippen LogP contribution is -2.39. The van der Waals surface area contributed by atoms with Crippen LogP contribution in [0.4, 0.5) is 0 Å². The second-order valence-electron chi connectivity index (χ2n) is 4.47. The maximum absolute atomic E-state index is 12.5. The Morgan fingerprint density at radius 3 is 2.39 bits per heavy atom. The standard InChI is InChI=1S/C12H19BrN2O2S/c1-8-6-12(9(2)5-11(8)13)18(16,17)15(4)10(3)7-14/h5-6,10H,7,14H2,1-4H3. The van der Waals surface area contributed by atoms with Crippen LogP contribution in [0, 0.1) is 13.8 Å². The van der Waals surface area contributed by atoms with Gasteiger partial charge in [-0.3, -0.25) is 0 Å². The molecule has 1 unspecified atom stereocenters. The molecule has 0 aliphatic heterocycles. The Morgan fingerprint density at radius 1 is 1.33 bits per heavy atom. The number of nitrogens with zero attached hydrogens (tertiary/aromatic N) is 1. The van der Waals surface area contributed by atoms with E-state index in [0.29, 0.717) is 11.4 Å². The van der Waals surface area contributed by atoms with E-state index >= 15 is 0 Å². The molecule has 4 nitrogen and oxygen atoms in total. The fourth-order valence-electron chi connectivity index (χ4n) is 1.57. The molecule has 0 spiro atoms. The molecular weight excluding hydrogens is 316 g/mol. The summed E-state index contributed by atoms with van der Waals surface area (Å²) in [4.78, 5) is 0.339. The minimum absolute atomic E-state index is 0.224. The van der Waals surface area contributed by atoms with Gasteiger partial charge in [0.1, 0.15) is 0 Å². The number of sulfonamides is 1. The van der Waals surface area contributed by atoms with E-state index in [4.69, 9.17) is 5.73 Å². The summed E-state index contributed by atoms with van der Waals surface area (Å²) in [5, 5.41) is 0. The first-order chi connectivity index (χ1) is 8.21. The van der Waals surface area contributed by atoms with Gasteiger partial charge in [-0.1, -0.05) is 15.9 Å². The smallest absolute Gasteiger partial charge is 0.243 e. The van der Waals surface area contributed by atoms with Gasteiger partial charge in [-0.2, -0.15) is 4.31 Å².